The molecule has 1 atom stereocenters. The van der Waals surface area contributed by atoms with E-state index in [-0.39, 0.29) is 11.8 Å². The molecule has 1 aliphatic rings. The molecule has 0 radical (unpaired) electrons. The molecule has 1 unspecified atom stereocenters. The van der Waals surface area contributed by atoms with E-state index >= 15 is 0 Å². The molecule has 0 aliphatic heterocycles. The van der Waals surface area contributed by atoms with Gasteiger partial charge in [-0.25, -0.2) is 4.79 Å². The molecule has 1 aliphatic carbocycles. The summed E-state index contributed by atoms with van der Waals surface area (Å²) in [6, 6.07) is -0.845. The number of hydrogen-bond acceptors (Lipinski definition) is 9. The number of methoxy groups -OCH3 is 1. The normalized spacial score (nSPS) is 16.6. The van der Waals surface area contributed by atoms with E-state index in [1.165, 1.54) is 23.8 Å². The average molecular weight is 470 g/mol. The molecule has 0 bridgehead atoms. The first-order chi connectivity index (χ1) is 15.2. The first kappa shape index (κ1) is 26.1. The van der Waals surface area contributed by atoms with E-state index in [4.69, 9.17) is 9.15 Å². The predicted octanol–water partition coefficient (Wildman–Crippen LogP) is 2.80. The Hall–Kier alpha value is -2.14. The number of ketones is 1. The Kier molecular flexibility index (Phi) is 9.95. The monoisotopic (exact) mass is 469 g/mol. The lowest BCUT2D eigenvalue weighted by Gasteiger charge is -2.47. The molecule has 10 nitrogen and oxygen atoms in total. The topological polar surface area (TPSA) is 118 Å². The van der Waals surface area contributed by atoms with Crippen LogP contribution in [0.25, 0.3) is 0 Å². The minimum absolute atomic E-state index is 0.113. The van der Waals surface area contributed by atoms with E-state index < -0.39 is 23.6 Å². The zero-order valence-electron chi connectivity index (χ0n) is 19.6. The Labute approximate surface area is 193 Å². The maximum atomic E-state index is 13.5. The SMILES string of the molecule is COC(=O)NC1(N(C=O)C(CC(C)C)C(=O)c2nnc(SCCN(C)C)o2)CCCCC1. The Morgan fingerprint density at radius 2 is 1.94 bits per heavy atom. The molecule has 0 aromatic carbocycles. The van der Waals surface area contributed by atoms with E-state index in [9.17, 15) is 14.4 Å². The number of hydrogen-bond donors (Lipinski definition) is 1. The van der Waals surface area contributed by atoms with Crippen molar-refractivity contribution in [2.45, 2.75) is 69.3 Å². The van der Waals surface area contributed by atoms with Crippen LogP contribution in [0, 0.1) is 5.92 Å². The van der Waals surface area contributed by atoms with Gasteiger partial charge >= 0.3 is 6.09 Å². The van der Waals surface area contributed by atoms with E-state index in [1.54, 1.807) is 0 Å². The van der Waals surface area contributed by atoms with Gasteiger partial charge in [-0.3, -0.25) is 14.9 Å². The van der Waals surface area contributed by atoms with Gasteiger partial charge in [0, 0.05) is 12.3 Å². The average Bonchev–Trinajstić information content (AvgIpc) is 3.22. The predicted molar refractivity (Wildman–Crippen MR) is 120 cm³/mol. The number of alkyl carbamates (subject to hydrolysis) is 1. The van der Waals surface area contributed by atoms with Crippen LogP contribution in [0.1, 0.15) is 63.1 Å². The van der Waals surface area contributed by atoms with Crippen molar-refractivity contribution in [3.05, 3.63) is 5.89 Å². The minimum atomic E-state index is -0.994. The van der Waals surface area contributed by atoms with Crippen molar-refractivity contribution in [3.63, 3.8) is 0 Å². The van der Waals surface area contributed by atoms with Gasteiger partial charge in [-0.2, -0.15) is 0 Å². The maximum absolute atomic E-state index is 13.5. The number of rotatable bonds is 12. The molecule has 1 aromatic heterocycles. The van der Waals surface area contributed by atoms with Gasteiger partial charge in [-0.15, -0.1) is 10.2 Å². The molecule has 1 N–H and O–H groups in total. The van der Waals surface area contributed by atoms with Crippen molar-refractivity contribution in [3.8, 4) is 0 Å². The summed E-state index contributed by atoms with van der Waals surface area (Å²) in [7, 11) is 5.22. The van der Waals surface area contributed by atoms with Gasteiger partial charge < -0.3 is 19.0 Å². The molecule has 1 fully saturated rings. The number of nitrogens with zero attached hydrogens (tertiary/aromatic N) is 4. The first-order valence-electron chi connectivity index (χ1n) is 11.0. The fourth-order valence-electron chi connectivity index (χ4n) is 3.92. The summed E-state index contributed by atoms with van der Waals surface area (Å²) in [5, 5.41) is 11.1. The highest BCUT2D eigenvalue weighted by Crippen LogP contribution is 2.34. The molecule has 2 amide bonds. The van der Waals surface area contributed by atoms with Crippen LogP contribution in [0.4, 0.5) is 4.79 Å². The van der Waals surface area contributed by atoms with Crippen molar-refractivity contribution in [2.24, 2.45) is 5.92 Å². The molecule has 180 valence electrons. The van der Waals surface area contributed by atoms with Crippen molar-refractivity contribution in [1.29, 1.82) is 0 Å². The van der Waals surface area contributed by atoms with E-state index in [1.807, 2.05) is 32.8 Å². The third kappa shape index (κ3) is 6.93. The molecule has 1 heterocycles. The van der Waals surface area contributed by atoms with Crippen LogP contribution in [0.5, 0.6) is 0 Å². The van der Waals surface area contributed by atoms with Crippen molar-refractivity contribution < 1.29 is 23.5 Å². The van der Waals surface area contributed by atoms with Gasteiger partial charge in [0.25, 0.3) is 11.1 Å². The van der Waals surface area contributed by atoms with Crippen LogP contribution in [0.3, 0.4) is 0 Å². The highest BCUT2D eigenvalue weighted by atomic mass is 32.2. The molecule has 0 saturated heterocycles. The Morgan fingerprint density at radius 3 is 2.50 bits per heavy atom. The van der Waals surface area contributed by atoms with Gasteiger partial charge in [0.2, 0.25) is 12.2 Å². The van der Waals surface area contributed by atoms with E-state index in [0.29, 0.717) is 30.9 Å². The highest BCUT2D eigenvalue weighted by molar-refractivity contribution is 7.99. The lowest BCUT2D eigenvalue weighted by Crippen LogP contribution is -2.65. The van der Waals surface area contributed by atoms with Crippen molar-refractivity contribution in [2.75, 3.05) is 33.5 Å². The van der Waals surface area contributed by atoms with Crippen molar-refractivity contribution >= 4 is 30.0 Å². The Morgan fingerprint density at radius 1 is 1.25 bits per heavy atom. The second-order valence-corrected chi connectivity index (χ2v) is 9.80. The number of amides is 2. The lowest BCUT2D eigenvalue weighted by atomic mass is 9.85. The number of Topliss-reactive ketones (excluding diaryl/α,β-unsaturated/α-hetero) is 1. The van der Waals surface area contributed by atoms with Gasteiger partial charge in [0.1, 0.15) is 11.7 Å². The van der Waals surface area contributed by atoms with E-state index in [2.05, 4.69) is 15.5 Å². The van der Waals surface area contributed by atoms with Crippen LogP contribution >= 0.6 is 11.8 Å². The maximum Gasteiger partial charge on any atom is 0.408 e. The zero-order valence-corrected chi connectivity index (χ0v) is 20.4. The third-order valence-electron chi connectivity index (χ3n) is 5.52. The number of nitrogens with one attached hydrogen (secondary N) is 1. The summed E-state index contributed by atoms with van der Waals surface area (Å²) in [6.45, 7) is 4.77. The minimum Gasteiger partial charge on any atom is -0.453 e. The fraction of sp³-hybridized carbons (Fsp3) is 0.762. The summed E-state index contributed by atoms with van der Waals surface area (Å²) in [5.41, 5.74) is -0.994. The smallest absolute Gasteiger partial charge is 0.408 e. The summed E-state index contributed by atoms with van der Waals surface area (Å²) in [6.07, 6.45) is 4.14. The molecule has 1 saturated carbocycles. The van der Waals surface area contributed by atoms with E-state index in [0.717, 1.165) is 31.6 Å². The number of thioether (sulfide) groups is 1. The third-order valence-corrected chi connectivity index (χ3v) is 6.32. The summed E-state index contributed by atoms with van der Waals surface area (Å²) >= 11 is 1.37. The Balaban J connectivity index is 2.31. The largest absolute Gasteiger partial charge is 0.453 e. The molecule has 11 heteroatoms. The van der Waals surface area contributed by atoms with Gasteiger partial charge in [-0.1, -0.05) is 32.0 Å². The number of carbonyl (C=O) groups excluding carboxylic acids is 3. The Bertz CT molecular complexity index is 764. The molecule has 1 aromatic rings. The summed E-state index contributed by atoms with van der Waals surface area (Å²) in [4.78, 5) is 41.4. The highest BCUT2D eigenvalue weighted by Gasteiger charge is 2.45. The first-order valence-corrected chi connectivity index (χ1v) is 12.0. The van der Waals surface area contributed by atoms with Crippen molar-refractivity contribution in [1.82, 2.24) is 25.3 Å². The molecular formula is C21H35N5O5S. The second-order valence-electron chi connectivity index (χ2n) is 8.76. The van der Waals surface area contributed by atoms with Crippen LogP contribution in [-0.4, -0.2) is 83.5 Å². The van der Waals surface area contributed by atoms with Crippen LogP contribution in [0.15, 0.2) is 9.64 Å². The van der Waals surface area contributed by atoms with Crippen LogP contribution in [0.2, 0.25) is 0 Å². The lowest BCUT2D eigenvalue weighted by molar-refractivity contribution is -0.130. The summed E-state index contributed by atoms with van der Waals surface area (Å²) < 4.78 is 10.4. The number of aromatic nitrogens is 2. The number of ether oxygens (including phenoxy) is 1. The number of carbonyl (C=O) groups is 3. The molecule has 2 rings (SSSR count). The fourth-order valence-corrected chi connectivity index (χ4v) is 4.78. The standard InChI is InChI=1S/C21H35N5O5S/c1-15(2)13-16(17(28)18-23-24-20(31-18)32-12-11-25(3)4)26(14-27)21(22-19(29)30-5)9-7-6-8-10-21/h14-16H,6-13H2,1-5H3,(H,22,29). The van der Waals surface area contributed by atoms with Gasteiger partial charge in [-0.05, 0) is 52.1 Å². The molecule has 32 heavy (non-hydrogen) atoms. The van der Waals surface area contributed by atoms with Crippen LogP contribution < -0.4 is 5.32 Å². The molecular weight excluding hydrogens is 434 g/mol. The van der Waals surface area contributed by atoms with Gasteiger partial charge in [0.05, 0.1) is 7.11 Å². The quantitative estimate of drug-likeness (QED) is 0.213. The zero-order chi connectivity index (χ0) is 23.7. The summed E-state index contributed by atoms with van der Waals surface area (Å²) in [5.74, 6) is 0.306. The second kappa shape index (κ2) is 12.2. The molecule has 0 spiro atoms. The van der Waals surface area contributed by atoms with Crippen LogP contribution in [-0.2, 0) is 9.53 Å². The van der Waals surface area contributed by atoms with Gasteiger partial charge in [0.15, 0.2) is 0 Å².